The molecule has 5 nitrogen and oxygen atoms in total. The van der Waals surface area contributed by atoms with E-state index < -0.39 is 5.97 Å². The summed E-state index contributed by atoms with van der Waals surface area (Å²) in [5.74, 6) is -0.125. The summed E-state index contributed by atoms with van der Waals surface area (Å²) in [4.78, 5) is 24.1. The third-order valence-electron chi connectivity index (χ3n) is 3.36. The van der Waals surface area contributed by atoms with E-state index in [1.807, 2.05) is 24.3 Å². The molecule has 0 aliphatic rings. The number of carbonyl (C=O) groups excluding carboxylic acids is 2. The Morgan fingerprint density at radius 1 is 1.17 bits per heavy atom. The zero-order valence-corrected chi connectivity index (χ0v) is 15.0. The highest BCUT2D eigenvalue weighted by Crippen LogP contribution is 2.31. The zero-order valence-electron chi connectivity index (χ0n) is 14.2. The van der Waals surface area contributed by atoms with Crippen LogP contribution in [0.1, 0.15) is 36.0 Å². The van der Waals surface area contributed by atoms with Crippen molar-refractivity contribution in [3.05, 3.63) is 46.2 Å². The Morgan fingerprint density at radius 2 is 1.88 bits per heavy atom. The van der Waals surface area contributed by atoms with Crippen LogP contribution >= 0.6 is 11.3 Å². The maximum atomic E-state index is 12.1. The summed E-state index contributed by atoms with van der Waals surface area (Å²) in [7, 11) is 1.31. The molecule has 0 fully saturated rings. The monoisotopic (exact) mass is 347 g/mol. The fourth-order valence-electron chi connectivity index (χ4n) is 2.20. The lowest BCUT2D eigenvalue weighted by atomic mass is 9.86. The SMILES string of the molecule is COC(=O)c1sccc1NC(=O)COc1ccccc1C(C)(C)C. The highest BCUT2D eigenvalue weighted by molar-refractivity contribution is 7.12. The molecule has 1 amide bonds. The normalized spacial score (nSPS) is 11.0. The lowest BCUT2D eigenvalue weighted by molar-refractivity contribution is -0.118. The number of para-hydroxylation sites is 1. The number of rotatable bonds is 5. The summed E-state index contributed by atoms with van der Waals surface area (Å²) in [6.07, 6.45) is 0. The molecule has 0 spiro atoms. The smallest absolute Gasteiger partial charge is 0.350 e. The predicted molar refractivity (Wildman–Crippen MR) is 94.9 cm³/mol. The lowest BCUT2D eigenvalue weighted by Gasteiger charge is -2.22. The van der Waals surface area contributed by atoms with Crippen molar-refractivity contribution in [3.8, 4) is 5.75 Å². The van der Waals surface area contributed by atoms with Crippen molar-refractivity contribution in [2.75, 3.05) is 19.0 Å². The van der Waals surface area contributed by atoms with Gasteiger partial charge in [0.1, 0.15) is 10.6 Å². The van der Waals surface area contributed by atoms with Crippen molar-refractivity contribution in [3.63, 3.8) is 0 Å². The zero-order chi connectivity index (χ0) is 17.7. The van der Waals surface area contributed by atoms with Crippen LogP contribution in [-0.2, 0) is 14.9 Å². The van der Waals surface area contributed by atoms with Crippen molar-refractivity contribution in [2.24, 2.45) is 0 Å². The first-order valence-electron chi connectivity index (χ1n) is 7.51. The van der Waals surface area contributed by atoms with Crippen LogP contribution < -0.4 is 10.1 Å². The molecule has 0 unspecified atom stereocenters. The standard InChI is InChI=1S/C18H21NO4S/c1-18(2,3)12-7-5-6-8-14(12)23-11-15(20)19-13-9-10-24-16(13)17(21)22-4/h5-10H,11H2,1-4H3,(H,19,20). The van der Waals surface area contributed by atoms with E-state index in [0.29, 0.717) is 16.3 Å². The number of esters is 1. The molecule has 0 saturated heterocycles. The molecular weight excluding hydrogens is 326 g/mol. The molecule has 24 heavy (non-hydrogen) atoms. The van der Waals surface area contributed by atoms with E-state index in [-0.39, 0.29) is 17.9 Å². The lowest BCUT2D eigenvalue weighted by Crippen LogP contribution is -2.22. The summed E-state index contributed by atoms with van der Waals surface area (Å²) in [5, 5.41) is 4.40. The van der Waals surface area contributed by atoms with E-state index in [2.05, 4.69) is 30.8 Å². The Kier molecular flexibility index (Phi) is 5.62. The van der Waals surface area contributed by atoms with E-state index in [1.165, 1.54) is 18.4 Å². The van der Waals surface area contributed by atoms with Gasteiger partial charge in [0.05, 0.1) is 12.8 Å². The van der Waals surface area contributed by atoms with Crippen molar-refractivity contribution in [1.29, 1.82) is 0 Å². The number of hydrogen-bond donors (Lipinski definition) is 1. The molecule has 0 saturated carbocycles. The van der Waals surface area contributed by atoms with Crippen molar-refractivity contribution < 1.29 is 19.1 Å². The molecule has 1 N–H and O–H groups in total. The topological polar surface area (TPSA) is 64.6 Å². The first-order valence-corrected chi connectivity index (χ1v) is 8.39. The van der Waals surface area contributed by atoms with E-state index in [1.54, 1.807) is 11.4 Å². The van der Waals surface area contributed by atoms with Gasteiger partial charge >= 0.3 is 5.97 Å². The van der Waals surface area contributed by atoms with Crippen LogP contribution in [0.3, 0.4) is 0 Å². The Morgan fingerprint density at radius 3 is 2.54 bits per heavy atom. The highest BCUT2D eigenvalue weighted by Gasteiger charge is 2.20. The molecule has 128 valence electrons. The Balaban J connectivity index is 2.03. The van der Waals surface area contributed by atoms with Gasteiger partial charge in [-0.1, -0.05) is 39.0 Å². The van der Waals surface area contributed by atoms with Gasteiger partial charge in [-0.2, -0.15) is 0 Å². The second-order valence-corrected chi connectivity index (χ2v) is 7.15. The molecule has 2 rings (SSSR count). The maximum Gasteiger partial charge on any atom is 0.350 e. The number of thiophene rings is 1. The van der Waals surface area contributed by atoms with Crippen LogP contribution in [-0.4, -0.2) is 25.6 Å². The largest absolute Gasteiger partial charge is 0.483 e. The van der Waals surface area contributed by atoms with Crippen LogP contribution in [0.4, 0.5) is 5.69 Å². The number of nitrogens with one attached hydrogen (secondary N) is 1. The second kappa shape index (κ2) is 7.49. The molecule has 2 aromatic rings. The molecule has 1 heterocycles. The average molecular weight is 347 g/mol. The Labute approximate surface area is 145 Å². The summed E-state index contributed by atoms with van der Waals surface area (Å²) < 4.78 is 10.4. The number of methoxy groups -OCH3 is 1. The van der Waals surface area contributed by atoms with Crippen molar-refractivity contribution in [2.45, 2.75) is 26.2 Å². The van der Waals surface area contributed by atoms with Gasteiger partial charge in [-0.15, -0.1) is 11.3 Å². The van der Waals surface area contributed by atoms with Gasteiger partial charge in [0.2, 0.25) is 0 Å². The molecular formula is C18H21NO4S. The van der Waals surface area contributed by atoms with Gasteiger partial charge in [-0.05, 0) is 28.5 Å². The van der Waals surface area contributed by atoms with E-state index in [0.717, 1.165) is 5.56 Å². The number of anilines is 1. The summed E-state index contributed by atoms with van der Waals surface area (Å²) in [5.41, 5.74) is 1.38. The third-order valence-corrected chi connectivity index (χ3v) is 4.26. The fraction of sp³-hybridized carbons (Fsp3) is 0.333. The number of benzene rings is 1. The Hall–Kier alpha value is -2.34. The van der Waals surface area contributed by atoms with Crippen LogP contribution in [0, 0.1) is 0 Å². The number of amides is 1. The quantitative estimate of drug-likeness (QED) is 0.835. The number of ether oxygens (including phenoxy) is 2. The molecule has 0 radical (unpaired) electrons. The van der Waals surface area contributed by atoms with Crippen LogP contribution in [0.15, 0.2) is 35.7 Å². The second-order valence-electron chi connectivity index (χ2n) is 6.24. The minimum absolute atomic E-state index is 0.0848. The number of hydrogen-bond acceptors (Lipinski definition) is 5. The molecule has 1 aromatic carbocycles. The summed E-state index contributed by atoms with van der Waals surface area (Å²) in [6.45, 7) is 6.12. The van der Waals surface area contributed by atoms with Gasteiger partial charge in [0.15, 0.2) is 6.61 Å². The molecule has 0 aliphatic carbocycles. The third kappa shape index (κ3) is 4.35. The van der Waals surface area contributed by atoms with Crippen molar-refractivity contribution >= 4 is 28.9 Å². The van der Waals surface area contributed by atoms with E-state index in [9.17, 15) is 9.59 Å². The summed E-state index contributed by atoms with van der Waals surface area (Å²) >= 11 is 1.21. The van der Waals surface area contributed by atoms with Gasteiger partial charge < -0.3 is 14.8 Å². The predicted octanol–water partition coefficient (Wildman–Crippen LogP) is 3.85. The minimum Gasteiger partial charge on any atom is -0.483 e. The van der Waals surface area contributed by atoms with Gasteiger partial charge in [0, 0.05) is 0 Å². The van der Waals surface area contributed by atoms with E-state index >= 15 is 0 Å². The average Bonchev–Trinajstić information content (AvgIpc) is 2.99. The minimum atomic E-state index is -0.473. The van der Waals surface area contributed by atoms with Gasteiger partial charge in [-0.3, -0.25) is 4.79 Å². The van der Waals surface area contributed by atoms with Gasteiger partial charge in [-0.25, -0.2) is 4.79 Å². The first-order chi connectivity index (χ1) is 11.3. The molecule has 0 aliphatic heterocycles. The first kappa shape index (κ1) is 18.0. The molecule has 0 bridgehead atoms. The van der Waals surface area contributed by atoms with Crippen LogP contribution in [0.5, 0.6) is 5.75 Å². The van der Waals surface area contributed by atoms with Crippen molar-refractivity contribution in [1.82, 2.24) is 0 Å². The van der Waals surface area contributed by atoms with Crippen LogP contribution in [0.25, 0.3) is 0 Å². The fourth-order valence-corrected chi connectivity index (χ4v) is 2.97. The molecule has 1 aromatic heterocycles. The number of carbonyl (C=O) groups is 2. The molecule has 0 atom stereocenters. The Bertz CT molecular complexity index is 731. The summed E-state index contributed by atoms with van der Waals surface area (Å²) in [6, 6.07) is 9.32. The van der Waals surface area contributed by atoms with Gasteiger partial charge in [0.25, 0.3) is 5.91 Å². The molecule has 6 heteroatoms. The highest BCUT2D eigenvalue weighted by atomic mass is 32.1. The van der Waals surface area contributed by atoms with E-state index in [4.69, 9.17) is 4.74 Å². The maximum absolute atomic E-state index is 12.1. The van der Waals surface area contributed by atoms with Crippen LogP contribution in [0.2, 0.25) is 0 Å².